The normalized spacial score (nSPS) is 17.4. The van der Waals surface area contributed by atoms with Crippen molar-refractivity contribution < 1.29 is 4.79 Å². The first-order valence-corrected chi connectivity index (χ1v) is 9.22. The van der Waals surface area contributed by atoms with Gasteiger partial charge in [0.1, 0.15) is 0 Å². The van der Waals surface area contributed by atoms with Crippen LogP contribution < -0.4 is 5.32 Å². The van der Waals surface area contributed by atoms with E-state index in [2.05, 4.69) is 35.4 Å². The molecule has 0 saturated carbocycles. The predicted octanol–water partition coefficient (Wildman–Crippen LogP) is 4.19. The quantitative estimate of drug-likeness (QED) is 0.888. The molecular formula is C20H26N4O. The fourth-order valence-electron chi connectivity index (χ4n) is 3.44. The van der Waals surface area contributed by atoms with Gasteiger partial charge in [0.15, 0.2) is 11.5 Å². The van der Waals surface area contributed by atoms with Gasteiger partial charge in [-0.3, -0.25) is 4.79 Å². The van der Waals surface area contributed by atoms with Crippen molar-refractivity contribution in [2.45, 2.75) is 52.0 Å². The van der Waals surface area contributed by atoms with Crippen molar-refractivity contribution in [3.63, 3.8) is 0 Å². The molecule has 0 spiro atoms. The van der Waals surface area contributed by atoms with Crippen molar-refractivity contribution in [3.05, 3.63) is 47.7 Å². The predicted molar refractivity (Wildman–Crippen MR) is 100 cm³/mol. The number of piperidine rings is 1. The number of para-hydroxylation sites is 1. The summed E-state index contributed by atoms with van der Waals surface area (Å²) in [5.74, 6) is 0.655. The first-order chi connectivity index (χ1) is 12.2. The molecule has 5 nitrogen and oxygen atoms in total. The van der Waals surface area contributed by atoms with E-state index in [9.17, 15) is 4.79 Å². The minimum atomic E-state index is -0.000409. The molecule has 1 N–H and O–H groups in total. The Morgan fingerprint density at radius 1 is 1.16 bits per heavy atom. The summed E-state index contributed by atoms with van der Waals surface area (Å²) in [6.45, 7) is 5.08. The number of likely N-dealkylation sites (tertiary alicyclic amines) is 1. The monoisotopic (exact) mass is 338 g/mol. The van der Waals surface area contributed by atoms with E-state index in [-0.39, 0.29) is 5.91 Å². The lowest BCUT2D eigenvalue weighted by molar-refractivity contribution is 0.0601. The molecule has 0 radical (unpaired) electrons. The smallest absolute Gasteiger partial charge is 0.274 e. The van der Waals surface area contributed by atoms with Gasteiger partial charge in [0.05, 0.1) is 0 Å². The van der Waals surface area contributed by atoms with Gasteiger partial charge in [0.25, 0.3) is 5.91 Å². The van der Waals surface area contributed by atoms with Gasteiger partial charge < -0.3 is 10.2 Å². The Morgan fingerprint density at radius 3 is 2.72 bits per heavy atom. The molecule has 2 aromatic rings. The fourth-order valence-corrected chi connectivity index (χ4v) is 3.44. The van der Waals surface area contributed by atoms with Gasteiger partial charge in [-0.2, -0.15) is 0 Å². The summed E-state index contributed by atoms with van der Waals surface area (Å²) in [7, 11) is 0. The highest BCUT2D eigenvalue weighted by atomic mass is 16.2. The third kappa shape index (κ3) is 3.98. The number of nitrogens with one attached hydrogen (secondary N) is 1. The molecule has 1 fully saturated rings. The maximum Gasteiger partial charge on any atom is 0.274 e. The van der Waals surface area contributed by atoms with Crippen LogP contribution in [0.5, 0.6) is 0 Å². The highest BCUT2D eigenvalue weighted by molar-refractivity contribution is 5.92. The van der Waals surface area contributed by atoms with Crippen molar-refractivity contribution in [2.75, 3.05) is 11.9 Å². The van der Waals surface area contributed by atoms with Crippen LogP contribution in [0.4, 0.5) is 11.5 Å². The number of hydrogen-bond acceptors (Lipinski definition) is 4. The zero-order valence-electron chi connectivity index (χ0n) is 15.0. The van der Waals surface area contributed by atoms with Crippen LogP contribution in [-0.4, -0.2) is 33.6 Å². The van der Waals surface area contributed by atoms with E-state index in [1.165, 1.54) is 12.0 Å². The van der Waals surface area contributed by atoms with Gasteiger partial charge in [0.2, 0.25) is 0 Å². The van der Waals surface area contributed by atoms with Crippen LogP contribution in [0, 0.1) is 0 Å². The molecule has 3 rings (SSSR count). The Labute approximate surface area is 149 Å². The van der Waals surface area contributed by atoms with Gasteiger partial charge in [-0.05, 0) is 55.9 Å². The summed E-state index contributed by atoms with van der Waals surface area (Å²) in [6, 6.07) is 12.1. The molecule has 1 aliphatic rings. The van der Waals surface area contributed by atoms with Crippen LogP contribution in [-0.2, 0) is 6.42 Å². The summed E-state index contributed by atoms with van der Waals surface area (Å²) >= 11 is 0. The van der Waals surface area contributed by atoms with E-state index in [1.54, 1.807) is 6.07 Å². The SMILES string of the molecule is CCc1ccccc1Nc1ccc(C(=O)N2CCCCC2CC)nn1. The van der Waals surface area contributed by atoms with E-state index >= 15 is 0 Å². The van der Waals surface area contributed by atoms with Crippen LogP contribution in [0.25, 0.3) is 0 Å². The minimum Gasteiger partial charge on any atom is -0.339 e. The molecule has 1 amide bonds. The summed E-state index contributed by atoms with van der Waals surface area (Å²) in [5.41, 5.74) is 2.68. The second-order valence-electron chi connectivity index (χ2n) is 6.50. The maximum absolute atomic E-state index is 12.7. The fraction of sp³-hybridized carbons (Fsp3) is 0.450. The van der Waals surface area contributed by atoms with Crippen LogP contribution in [0.15, 0.2) is 36.4 Å². The number of aryl methyl sites for hydroxylation is 1. The van der Waals surface area contributed by atoms with Gasteiger partial charge in [-0.15, -0.1) is 10.2 Å². The average molecular weight is 338 g/mol. The third-order valence-electron chi connectivity index (χ3n) is 4.90. The van der Waals surface area contributed by atoms with Crippen LogP contribution in [0.2, 0.25) is 0 Å². The third-order valence-corrected chi connectivity index (χ3v) is 4.90. The number of hydrogen-bond donors (Lipinski definition) is 1. The van der Waals surface area contributed by atoms with E-state index in [0.717, 1.165) is 37.9 Å². The van der Waals surface area contributed by atoms with E-state index < -0.39 is 0 Å². The largest absolute Gasteiger partial charge is 0.339 e. The molecular weight excluding hydrogens is 312 g/mol. The Balaban J connectivity index is 1.72. The molecule has 1 saturated heterocycles. The van der Waals surface area contributed by atoms with Gasteiger partial charge in [-0.1, -0.05) is 32.0 Å². The zero-order valence-corrected chi connectivity index (χ0v) is 15.0. The standard InChI is InChI=1S/C20H26N4O/c1-3-15-9-5-6-11-17(15)21-19-13-12-18(22-23-19)20(25)24-14-8-7-10-16(24)4-2/h5-6,9,11-13,16H,3-4,7-8,10,14H2,1-2H3,(H,21,23). The molecule has 1 aromatic heterocycles. The Morgan fingerprint density at radius 2 is 2.00 bits per heavy atom. The van der Waals surface area contributed by atoms with Crippen molar-refractivity contribution in [1.82, 2.24) is 15.1 Å². The maximum atomic E-state index is 12.7. The Kier molecular flexibility index (Phi) is 5.64. The molecule has 0 bridgehead atoms. The molecule has 25 heavy (non-hydrogen) atoms. The summed E-state index contributed by atoms with van der Waals surface area (Å²) in [5, 5.41) is 11.7. The second-order valence-corrected chi connectivity index (χ2v) is 6.50. The number of aromatic nitrogens is 2. The molecule has 132 valence electrons. The van der Waals surface area contributed by atoms with E-state index in [0.29, 0.717) is 17.6 Å². The van der Waals surface area contributed by atoms with E-state index in [4.69, 9.17) is 0 Å². The number of benzene rings is 1. The summed E-state index contributed by atoms with van der Waals surface area (Å²) in [4.78, 5) is 14.7. The molecule has 5 heteroatoms. The van der Waals surface area contributed by atoms with Crippen molar-refractivity contribution >= 4 is 17.4 Å². The topological polar surface area (TPSA) is 58.1 Å². The number of anilines is 2. The molecule has 2 heterocycles. The first-order valence-electron chi connectivity index (χ1n) is 9.22. The molecule has 0 aliphatic carbocycles. The van der Waals surface area contributed by atoms with Gasteiger partial charge in [0, 0.05) is 18.3 Å². The van der Waals surface area contributed by atoms with Crippen LogP contribution >= 0.6 is 0 Å². The first kappa shape index (κ1) is 17.4. The van der Waals surface area contributed by atoms with Gasteiger partial charge in [-0.25, -0.2) is 0 Å². The minimum absolute atomic E-state index is 0.000409. The Bertz CT molecular complexity index is 714. The summed E-state index contributed by atoms with van der Waals surface area (Å²) < 4.78 is 0. The molecule has 1 unspecified atom stereocenters. The second kappa shape index (κ2) is 8.10. The lowest BCUT2D eigenvalue weighted by Gasteiger charge is -2.34. The van der Waals surface area contributed by atoms with Crippen molar-refractivity contribution in [3.8, 4) is 0 Å². The molecule has 1 aliphatic heterocycles. The lowest BCUT2D eigenvalue weighted by Crippen LogP contribution is -2.43. The van der Waals surface area contributed by atoms with Crippen LogP contribution in [0.1, 0.15) is 55.6 Å². The molecule has 1 atom stereocenters. The number of nitrogens with zero attached hydrogens (tertiary/aromatic N) is 3. The molecule has 1 aromatic carbocycles. The zero-order chi connectivity index (χ0) is 17.6. The average Bonchev–Trinajstić information content (AvgIpc) is 2.68. The number of carbonyl (C=O) groups excluding carboxylic acids is 1. The number of amides is 1. The lowest BCUT2D eigenvalue weighted by atomic mass is 9.99. The number of rotatable bonds is 5. The van der Waals surface area contributed by atoms with Crippen molar-refractivity contribution in [1.29, 1.82) is 0 Å². The van der Waals surface area contributed by atoms with Gasteiger partial charge >= 0.3 is 0 Å². The Hall–Kier alpha value is -2.43. The van der Waals surface area contributed by atoms with Crippen LogP contribution in [0.3, 0.4) is 0 Å². The number of carbonyl (C=O) groups is 1. The highest BCUT2D eigenvalue weighted by Gasteiger charge is 2.27. The van der Waals surface area contributed by atoms with E-state index in [1.807, 2.05) is 29.2 Å². The summed E-state index contributed by atoms with van der Waals surface area (Å²) in [6.07, 6.45) is 5.30. The van der Waals surface area contributed by atoms with Crippen molar-refractivity contribution in [2.24, 2.45) is 0 Å². The highest BCUT2D eigenvalue weighted by Crippen LogP contribution is 2.22.